The van der Waals surface area contributed by atoms with Gasteiger partial charge in [-0.05, 0) is 65.7 Å². The molecule has 1 aliphatic heterocycles. The Morgan fingerprint density at radius 3 is 2.02 bits per heavy atom. The summed E-state index contributed by atoms with van der Waals surface area (Å²) in [5, 5.41) is 25.6. The van der Waals surface area contributed by atoms with E-state index in [-0.39, 0.29) is 5.91 Å². The quantitative estimate of drug-likeness (QED) is 0.116. The smallest absolute Gasteiger partial charge is 0.475 e. The second-order valence-electron chi connectivity index (χ2n) is 8.45. The van der Waals surface area contributed by atoms with Gasteiger partial charge in [0.25, 0.3) is 5.91 Å². The maximum atomic E-state index is 12.4. The topological polar surface area (TPSA) is 171 Å². The number of aromatic amines is 1. The second-order valence-corrected chi connectivity index (χ2v) is 8.45. The third kappa shape index (κ3) is 8.66. The zero-order valence-electron chi connectivity index (χ0n) is 21.4. The molecule has 0 saturated heterocycles. The number of halogens is 6. The molecule has 0 fully saturated rings. The highest BCUT2D eigenvalue weighted by Gasteiger charge is 2.38. The van der Waals surface area contributed by atoms with Crippen molar-refractivity contribution < 1.29 is 50.9 Å². The maximum Gasteiger partial charge on any atom is 0.490 e. The molecule has 2 aromatic heterocycles. The van der Waals surface area contributed by atoms with Gasteiger partial charge < -0.3 is 21.3 Å². The molecule has 6 N–H and O–H groups in total. The molecule has 3 heterocycles. The predicted octanol–water partition coefficient (Wildman–Crippen LogP) is 5.47. The number of carboxylic acid groups (broad SMARTS) is 2. The summed E-state index contributed by atoms with van der Waals surface area (Å²) in [7, 11) is 0. The number of aliphatic carboxylic acids is 2. The number of nitrogen functional groups attached to an aromatic ring is 1. The van der Waals surface area contributed by atoms with E-state index >= 15 is 0 Å². The van der Waals surface area contributed by atoms with Crippen molar-refractivity contribution in [2.24, 2.45) is 0 Å². The predicted molar refractivity (Wildman–Crippen MR) is 144 cm³/mol. The maximum absolute atomic E-state index is 12.4. The second kappa shape index (κ2) is 12.9. The van der Waals surface area contributed by atoms with Gasteiger partial charge in [0.2, 0.25) is 0 Å². The molecule has 0 bridgehead atoms. The van der Waals surface area contributed by atoms with E-state index in [0.29, 0.717) is 11.3 Å². The minimum Gasteiger partial charge on any atom is -0.475 e. The molecule has 4 aromatic rings. The molecule has 0 radical (unpaired) electrons. The molecular formula is C27H19F6N5O5. The first-order valence-corrected chi connectivity index (χ1v) is 11.7. The van der Waals surface area contributed by atoms with Crippen LogP contribution in [0.25, 0.3) is 34.7 Å². The number of nitrogens with zero attached hydrogens (tertiary/aromatic N) is 2. The van der Waals surface area contributed by atoms with Crippen LogP contribution >= 0.6 is 0 Å². The number of amides is 1. The van der Waals surface area contributed by atoms with Gasteiger partial charge in [0.1, 0.15) is 0 Å². The van der Waals surface area contributed by atoms with Crippen LogP contribution in [0.3, 0.4) is 0 Å². The SMILES string of the molecule is Nc1ccc2c(c1)/C(=C\c1ccc3c(/C=C/c4ccncc4)n[nH]c3c1)C(=O)N2.O=C(O)C(F)(F)F.O=C(O)C(F)(F)F. The zero-order chi connectivity index (χ0) is 31.9. The lowest BCUT2D eigenvalue weighted by Gasteiger charge is -2.01. The largest absolute Gasteiger partial charge is 0.490 e. The highest BCUT2D eigenvalue weighted by molar-refractivity contribution is 6.35. The fourth-order valence-electron chi connectivity index (χ4n) is 3.44. The average Bonchev–Trinajstić information content (AvgIpc) is 3.47. The molecule has 10 nitrogen and oxygen atoms in total. The number of fused-ring (bicyclic) bond motifs is 2. The number of alkyl halides is 6. The summed E-state index contributed by atoms with van der Waals surface area (Å²) < 4.78 is 63.5. The molecule has 0 saturated carbocycles. The Morgan fingerprint density at radius 1 is 0.837 bits per heavy atom. The Bertz CT molecular complexity index is 1690. The molecule has 1 aliphatic rings. The molecule has 0 aliphatic carbocycles. The van der Waals surface area contributed by atoms with Gasteiger partial charge in [-0.15, -0.1) is 0 Å². The number of anilines is 2. The zero-order valence-corrected chi connectivity index (χ0v) is 21.4. The fourth-order valence-corrected chi connectivity index (χ4v) is 3.44. The Labute approximate surface area is 237 Å². The van der Waals surface area contributed by atoms with Crippen LogP contribution in [0.5, 0.6) is 0 Å². The summed E-state index contributed by atoms with van der Waals surface area (Å²) in [6.45, 7) is 0. The van der Waals surface area contributed by atoms with Gasteiger partial charge >= 0.3 is 24.3 Å². The number of nitrogens with two attached hydrogens (primary N) is 1. The van der Waals surface area contributed by atoms with E-state index in [1.165, 1.54) is 0 Å². The van der Waals surface area contributed by atoms with Crippen LogP contribution < -0.4 is 11.1 Å². The molecule has 0 atom stereocenters. The van der Waals surface area contributed by atoms with Crippen molar-refractivity contribution in [2.75, 3.05) is 11.1 Å². The molecule has 16 heteroatoms. The van der Waals surface area contributed by atoms with Crippen molar-refractivity contribution in [2.45, 2.75) is 12.4 Å². The van der Waals surface area contributed by atoms with Crippen LogP contribution in [-0.2, 0) is 14.4 Å². The Morgan fingerprint density at radius 2 is 1.44 bits per heavy atom. The van der Waals surface area contributed by atoms with Crippen LogP contribution in [-0.4, -0.2) is 55.6 Å². The number of rotatable bonds is 3. The van der Waals surface area contributed by atoms with E-state index in [4.69, 9.17) is 25.5 Å². The summed E-state index contributed by atoms with van der Waals surface area (Å²) in [5.74, 6) is -5.64. The van der Waals surface area contributed by atoms with Gasteiger partial charge in [0.05, 0.1) is 11.2 Å². The van der Waals surface area contributed by atoms with E-state index in [0.717, 1.165) is 39.0 Å². The van der Waals surface area contributed by atoms with E-state index < -0.39 is 24.3 Å². The number of H-pyrrole nitrogens is 1. The molecular weight excluding hydrogens is 588 g/mol. The van der Waals surface area contributed by atoms with Gasteiger partial charge in [-0.1, -0.05) is 12.1 Å². The first-order valence-electron chi connectivity index (χ1n) is 11.7. The summed E-state index contributed by atoms with van der Waals surface area (Å²) in [6, 6.07) is 15.3. The van der Waals surface area contributed by atoms with Gasteiger partial charge in [-0.25, -0.2) is 9.59 Å². The van der Waals surface area contributed by atoms with Gasteiger partial charge in [-0.3, -0.25) is 14.9 Å². The normalized spacial score (nSPS) is 13.5. The highest BCUT2D eigenvalue weighted by Crippen LogP contribution is 2.34. The first kappa shape index (κ1) is 31.9. The van der Waals surface area contributed by atoms with Crippen molar-refractivity contribution in [3.05, 3.63) is 83.3 Å². The van der Waals surface area contributed by atoms with Crippen molar-refractivity contribution in [1.82, 2.24) is 15.2 Å². The number of hydrogen-bond acceptors (Lipinski definition) is 6. The lowest BCUT2D eigenvalue weighted by Crippen LogP contribution is -2.21. The number of carboxylic acids is 2. The highest BCUT2D eigenvalue weighted by atomic mass is 19.4. The number of carbonyl (C=O) groups is 3. The van der Waals surface area contributed by atoms with Crippen molar-refractivity contribution in [3.63, 3.8) is 0 Å². The summed E-state index contributed by atoms with van der Waals surface area (Å²) >= 11 is 0. The number of benzene rings is 2. The van der Waals surface area contributed by atoms with E-state index in [9.17, 15) is 31.1 Å². The number of hydrogen-bond donors (Lipinski definition) is 5. The Hall–Kier alpha value is -5.67. The minimum absolute atomic E-state index is 0.128. The number of nitrogens with one attached hydrogen (secondary N) is 2. The standard InChI is InChI=1S/C23H17N5O.2C2HF3O2/c24-16-3-6-20-18(13-16)19(23(29)26-20)11-15-1-4-17-21(27-28-22(17)12-15)5-2-14-7-9-25-10-8-14;2*3-2(4,5)1(6)7/h1-13H,24H2,(H,26,29)(H,27,28);2*(H,6,7)/b5-2+,19-11+;;. The van der Waals surface area contributed by atoms with Gasteiger partial charge in [0.15, 0.2) is 0 Å². The van der Waals surface area contributed by atoms with E-state index in [1.54, 1.807) is 18.5 Å². The van der Waals surface area contributed by atoms with Crippen LogP contribution in [0, 0.1) is 0 Å². The summed E-state index contributed by atoms with van der Waals surface area (Å²) in [5.41, 5.74) is 12.4. The van der Waals surface area contributed by atoms with Gasteiger partial charge in [-0.2, -0.15) is 31.4 Å². The van der Waals surface area contributed by atoms with Crippen LogP contribution in [0.1, 0.15) is 22.4 Å². The molecule has 1 amide bonds. The molecule has 2 aromatic carbocycles. The molecule has 0 unspecified atom stereocenters. The van der Waals surface area contributed by atoms with Crippen LogP contribution in [0.15, 0.2) is 60.9 Å². The first-order chi connectivity index (χ1) is 20.1. The van der Waals surface area contributed by atoms with Crippen molar-refractivity contribution in [3.8, 4) is 0 Å². The average molecular weight is 607 g/mol. The number of aromatic nitrogens is 3. The van der Waals surface area contributed by atoms with E-state index in [1.807, 2.05) is 60.7 Å². The third-order valence-electron chi connectivity index (χ3n) is 5.38. The molecule has 5 rings (SSSR count). The molecule has 224 valence electrons. The summed E-state index contributed by atoms with van der Waals surface area (Å²) in [6.07, 6.45) is -0.819. The van der Waals surface area contributed by atoms with Gasteiger partial charge in [0, 0.05) is 40.3 Å². The fraction of sp³-hybridized carbons (Fsp3) is 0.0741. The number of pyridine rings is 1. The molecule has 43 heavy (non-hydrogen) atoms. The third-order valence-corrected chi connectivity index (χ3v) is 5.38. The monoisotopic (exact) mass is 607 g/mol. The van der Waals surface area contributed by atoms with Crippen molar-refractivity contribution >= 4 is 63.9 Å². The Kier molecular flexibility index (Phi) is 9.54. The molecule has 0 spiro atoms. The number of carbonyl (C=O) groups excluding carboxylic acids is 1. The lowest BCUT2D eigenvalue weighted by atomic mass is 10.0. The summed E-state index contributed by atoms with van der Waals surface area (Å²) in [4.78, 5) is 34.2. The van der Waals surface area contributed by atoms with Crippen molar-refractivity contribution in [1.29, 1.82) is 0 Å². The van der Waals surface area contributed by atoms with Crippen LogP contribution in [0.2, 0.25) is 0 Å². The van der Waals surface area contributed by atoms with Crippen LogP contribution in [0.4, 0.5) is 37.7 Å². The lowest BCUT2D eigenvalue weighted by molar-refractivity contribution is -0.193. The Balaban J connectivity index is 0.000000303. The minimum atomic E-state index is -5.08. The van der Waals surface area contributed by atoms with E-state index in [2.05, 4.69) is 20.5 Å².